The third-order valence-electron chi connectivity index (χ3n) is 5.90. The van der Waals surface area contributed by atoms with Crippen molar-refractivity contribution in [3.63, 3.8) is 0 Å². The van der Waals surface area contributed by atoms with Crippen LogP contribution in [0.25, 0.3) is 0 Å². The van der Waals surface area contributed by atoms with Crippen LogP contribution >= 0.6 is 39.1 Å². The van der Waals surface area contributed by atoms with Gasteiger partial charge in [-0.1, -0.05) is 75.5 Å². The number of hydrogen-bond donors (Lipinski definition) is 1. The zero-order valence-electron chi connectivity index (χ0n) is 22.3. The Bertz CT molecular complexity index is 1270. The molecule has 3 aromatic carbocycles. The Labute approximate surface area is 243 Å². The highest BCUT2D eigenvalue weighted by Crippen LogP contribution is 2.27. The predicted molar refractivity (Wildman–Crippen MR) is 158 cm³/mol. The Kier molecular flexibility index (Phi) is 10.3. The van der Waals surface area contributed by atoms with E-state index in [-0.39, 0.29) is 25.0 Å². The van der Waals surface area contributed by atoms with Gasteiger partial charge in [0, 0.05) is 33.0 Å². The van der Waals surface area contributed by atoms with Crippen molar-refractivity contribution in [1.82, 2.24) is 10.2 Å². The van der Waals surface area contributed by atoms with Crippen molar-refractivity contribution in [2.45, 2.75) is 59.2 Å². The van der Waals surface area contributed by atoms with Crippen LogP contribution in [0.2, 0.25) is 10.0 Å². The summed E-state index contributed by atoms with van der Waals surface area (Å²) >= 11 is 16.2. The maximum atomic E-state index is 13.8. The number of benzene rings is 3. The molecule has 0 unspecified atom stereocenters. The molecule has 0 aliphatic carbocycles. The zero-order valence-corrected chi connectivity index (χ0v) is 25.4. The van der Waals surface area contributed by atoms with Gasteiger partial charge in [0.15, 0.2) is 6.61 Å². The fourth-order valence-electron chi connectivity index (χ4n) is 4.06. The molecule has 3 aromatic rings. The highest BCUT2D eigenvalue weighted by atomic mass is 79.9. The summed E-state index contributed by atoms with van der Waals surface area (Å²) in [4.78, 5) is 29.0. The molecule has 0 aromatic heterocycles. The molecular weight excluding hydrogens is 587 g/mol. The molecule has 38 heavy (non-hydrogen) atoms. The molecule has 1 atom stereocenters. The number of rotatable bonds is 9. The van der Waals surface area contributed by atoms with Crippen LogP contribution in [-0.4, -0.2) is 34.9 Å². The molecule has 0 bridgehead atoms. The van der Waals surface area contributed by atoms with E-state index in [0.29, 0.717) is 27.8 Å². The van der Waals surface area contributed by atoms with Crippen LogP contribution in [0.4, 0.5) is 0 Å². The lowest BCUT2D eigenvalue weighted by molar-refractivity contribution is -0.143. The largest absolute Gasteiger partial charge is 0.484 e. The number of nitrogens with one attached hydrogen (secondary N) is 1. The summed E-state index contributed by atoms with van der Waals surface area (Å²) in [5, 5.41) is 3.96. The maximum absolute atomic E-state index is 13.8. The molecule has 0 radical (unpaired) electrons. The first-order valence-corrected chi connectivity index (χ1v) is 13.9. The van der Waals surface area contributed by atoms with Gasteiger partial charge >= 0.3 is 0 Å². The van der Waals surface area contributed by atoms with Crippen molar-refractivity contribution in [3.8, 4) is 5.75 Å². The molecule has 2 amide bonds. The summed E-state index contributed by atoms with van der Waals surface area (Å²) in [7, 11) is 0. The Morgan fingerprint density at radius 2 is 1.63 bits per heavy atom. The molecule has 0 heterocycles. The summed E-state index contributed by atoms with van der Waals surface area (Å²) in [5.41, 5.74) is 3.14. The Morgan fingerprint density at radius 1 is 1.00 bits per heavy atom. The average molecular weight is 620 g/mol. The van der Waals surface area contributed by atoms with Gasteiger partial charge in [-0.15, -0.1) is 0 Å². The molecule has 0 fully saturated rings. The molecule has 0 aliphatic heterocycles. The van der Waals surface area contributed by atoms with E-state index in [1.807, 2.05) is 77.1 Å². The highest BCUT2D eigenvalue weighted by Gasteiger charge is 2.33. The van der Waals surface area contributed by atoms with Gasteiger partial charge in [0.05, 0.1) is 0 Å². The van der Waals surface area contributed by atoms with E-state index in [2.05, 4.69) is 21.2 Å². The van der Waals surface area contributed by atoms with Crippen molar-refractivity contribution < 1.29 is 14.3 Å². The monoisotopic (exact) mass is 618 g/mol. The van der Waals surface area contributed by atoms with Crippen LogP contribution in [0.3, 0.4) is 0 Å². The standard InChI is InChI=1S/C30H33BrCl2N2O3/c1-19-13-24(14-20(2)28(19)31)38-18-27(36)35(17-22-11-12-23(32)16-25(22)33)26(29(37)34-30(3,4)5)15-21-9-7-6-8-10-21/h6-14,16,26H,15,17-18H2,1-5H3,(H,34,37)/t26-/m0/s1. The van der Waals surface area contributed by atoms with Gasteiger partial charge in [0.2, 0.25) is 5.91 Å². The topological polar surface area (TPSA) is 58.6 Å². The first-order chi connectivity index (χ1) is 17.8. The molecule has 0 spiro atoms. The number of amides is 2. The third kappa shape index (κ3) is 8.48. The van der Waals surface area contributed by atoms with Crippen LogP contribution in [0, 0.1) is 13.8 Å². The van der Waals surface area contributed by atoms with E-state index in [1.165, 1.54) is 0 Å². The van der Waals surface area contributed by atoms with Crippen molar-refractivity contribution in [1.29, 1.82) is 0 Å². The molecule has 3 rings (SSSR count). The normalized spacial score (nSPS) is 12.1. The molecular formula is C30H33BrCl2N2O3. The van der Waals surface area contributed by atoms with Crippen LogP contribution < -0.4 is 10.1 Å². The lowest BCUT2D eigenvalue weighted by atomic mass is 10.0. The lowest BCUT2D eigenvalue weighted by Crippen LogP contribution is -2.55. The number of hydrogen-bond acceptors (Lipinski definition) is 3. The third-order valence-corrected chi connectivity index (χ3v) is 7.74. The number of halogens is 3. The Morgan fingerprint density at radius 3 is 2.21 bits per heavy atom. The second-order valence-corrected chi connectivity index (χ2v) is 12.0. The van der Waals surface area contributed by atoms with Gasteiger partial charge in [-0.2, -0.15) is 0 Å². The number of ether oxygens (including phenoxy) is 1. The summed E-state index contributed by atoms with van der Waals surface area (Å²) in [6.07, 6.45) is 0.330. The van der Waals surface area contributed by atoms with Gasteiger partial charge in [-0.25, -0.2) is 0 Å². The second-order valence-electron chi connectivity index (χ2n) is 10.4. The predicted octanol–water partition coefficient (Wildman–Crippen LogP) is 7.31. The molecule has 5 nitrogen and oxygen atoms in total. The average Bonchev–Trinajstić information content (AvgIpc) is 2.83. The Balaban J connectivity index is 1.97. The highest BCUT2D eigenvalue weighted by molar-refractivity contribution is 9.10. The minimum absolute atomic E-state index is 0.117. The fourth-order valence-corrected chi connectivity index (χ4v) is 4.75. The maximum Gasteiger partial charge on any atom is 0.261 e. The quantitative estimate of drug-likeness (QED) is 0.273. The van der Waals surface area contributed by atoms with Crippen LogP contribution in [0.1, 0.15) is 43.0 Å². The molecule has 0 aliphatic rings. The summed E-state index contributed by atoms with van der Waals surface area (Å²) in [6.45, 7) is 9.54. The van der Waals surface area contributed by atoms with E-state index >= 15 is 0 Å². The van der Waals surface area contributed by atoms with Crippen molar-refractivity contribution in [2.24, 2.45) is 0 Å². The minimum Gasteiger partial charge on any atom is -0.484 e. The smallest absolute Gasteiger partial charge is 0.261 e. The first kappa shape index (κ1) is 30.0. The van der Waals surface area contributed by atoms with Crippen molar-refractivity contribution >= 4 is 50.9 Å². The zero-order chi connectivity index (χ0) is 28.0. The van der Waals surface area contributed by atoms with Crippen LogP contribution in [0.15, 0.2) is 65.1 Å². The summed E-state index contributed by atoms with van der Waals surface area (Å²) in [5.74, 6) is -0.00544. The van der Waals surface area contributed by atoms with E-state index in [0.717, 1.165) is 21.2 Å². The van der Waals surface area contributed by atoms with Gasteiger partial charge in [-0.3, -0.25) is 9.59 Å². The molecule has 0 saturated carbocycles. The van der Waals surface area contributed by atoms with Crippen LogP contribution in [-0.2, 0) is 22.6 Å². The van der Waals surface area contributed by atoms with Crippen molar-refractivity contribution in [3.05, 3.63) is 97.4 Å². The SMILES string of the molecule is Cc1cc(OCC(=O)N(Cc2ccc(Cl)cc2Cl)[C@@H](Cc2ccccc2)C(=O)NC(C)(C)C)cc(C)c1Br. The number of aryl methyl sites for hydroxylation is 2. The first-order valence-electron chi connectivity index (χ1n) is 12.3. The van der Waals surface area contributed by atoms with E-state index < -0.39 is 11.6 Å². The van der Waals surface area contributed by atoms with E-state index in [1.54, 1.807) is 23.1 Å². The van der Waals surface area contributed by atoms with Gasteiger partial charge < -0.3 is 15.0 Å². The molecule has 0 saturated heterocycles. The van der Waals surface area contributed by atoms with Gasteiger partial charge in [-0.05, 0) is 81.1 Å². The fraction of sp³-hybridized carbons (Fsp3) is 0.333. The molecule has 202 valence electrons. The van der Waals surface area contributed by atoms with Gasteiger partial charge in [0.1, 0.15) is 11.8 Å². The Hall–Kier alpha value is -2.54. The number of nitrogens with zero attached hydrogens (tertiary/aromatic N) is 1. The minimum atomic E-state index is -0.798. The molecule has 8 heteroatoms. The summed E-state index contributed by atoms with van der Waals surface area (Å²) < 4.78 is 6.93. The molecule has 1 N–H and O–H groups in total. The van der Waals surface area contributed by atoms with Gasteiger partial charge in [0.25, 0.3) is 5.91 Å². The second kappa shape index (κ2) is 13.0. The van der Waals surface area contributed by atoms with E-state index in [4.69, 9.17) is 27.9 Å². The lowest BCUT2D eigenvalue weighted by Gasteiger charge is -2.34. The summed E-state index contributed by atoms with van der Waals surface area (Å²) in [6, 6.07) is 17.7. The van der Waals surface area contributed by atoms with Crippen LogP contribution in [0.5, 0.6) is 5.75 Å². The van der Waals surface area contributed by atoms with E-state index in [9.17, 15) is 9.59 Å². The van der Waals surface area contributed by atoms with Crippen molar-refractivity contribution in [2.75, 3.05) is 6.61 Å². The number of carbonyl (C=O) groups is 2. The number of carbonyl (C=O) groups excluding carboxylic acids is 2.